The lowest BCUT2D eigenvalue weighted by molar-refractivity contribution is -0.139. The largest absolute Gasteiger partial charge is 0.480 e. The SMILES string of the molecule is Cc1ccnc(NCC2CCN(c3ccc(CC(NC(=O)c4c(C)cc(F)cc4C)C(=O)O)cc3)CC2)c1. The molecular formula is C30H35FN4O3. The van der Waals surface area contributed by atoms with Gasteiger partial charge in [-0.25, -0.2) is 14.2 Å². The Morgan fingerprint density at radius 3 is 2.32 bits per heavy atom. The summed E-state index contributed by atoms with van der Waals surface area (Å²) in [5.41, 5.74) is 4.37. The molecule has 2 heterocycles. The minimum Gasteiger partial charge on any atom is -0.480 e. The number of hydrogen-bond donors (Lipinski definition) is 3. The number of aliphatic carboxylic acids is 1. The van der Waals surface area contributed by atoms with Crippen molar-refractivity contribution in [1.29, 1.82) is 0 Å². The van der Waals surface area contributed by atoms with E-state index in [-0.39, 0.29) is 6.42 Å². The van der Waals surface area contributed by atoms with Crippen LogP contribution in [0.3, 0.4) is 0 Å². The molecule has 1 atom stereocenters. The molecule has 1 unspecified atom stereocenters. The van der Waals surface area contributed by atoms with Crippen LogP contribution in [0.15, 0.2) is 54.7 Å². The molecule has 2 aromatic carbocycles. The van der Waals surface area contributed by atoms with Gasteiger partial charge in [0, 0.05) is 43.5 Å². The molecule has 3 aromatic rings. The first-order valence-corrected chi connectivity index (χ1v) is 13.0. The zero-order chi connectivity index (χ0) is 27.2. The maximum absolute atomic E-state index is 13.6. The molecule has 1 amide bonds. The van der Waals surface area contributed by atoms with Crippen LogP contribution in [0.25, 0.3) is 0 Å². The molecule has 7 nitrogen and oxygen atoms in total. The van der Waals surface area contributed by atoms with Crippen molar-refractivity contribution in [2.45, 2.75) is 46.1 Å². The minimum absolute atomic E-state index is 0.154. The highest BCUT2D eigenvalue weighted by Gasteiger charge is 2.24. The molecule has 3 N–H and O–H groups in total. The van der Waals surface area contributed by atoms with E-state index in [9.17, 15) is 19.1 Å². The number of aromatic nitrogens is 1. The number of carboxylic acids is 1. The van der Waals surface area contributed by atoms with Crippen LogP contribution in [0, 0.1) is 32.5 Å². The summed E-state index contributed by atoms with van der Waals surface area (Å²) in [5.74, 6) is -0.550. The third kappa shape index (κ3) is 6.88. The van der Waals surface area contributed by atoms with Crippen molar-refractivity contribution in [3.05, 3.63) is 88.4 Å². The van der Waals surface area contributed by atoms with Crippen molar-refractivity contribution in [3.8, 4) is 0 Å². The predicted molar refractivity (Wildman–Crippen MR) is 147 cm³/mol. The normalized spacial score (nSPS) is 14.7. The van der Waals surface area contributed by atoms with E-state index < -0.39 is 23.7 Å². The van der Waals surface area contributed by atoms with Gasteiger partial charge in [0.2, 0.25) is 0 Å². The Morgan fingerprint density at radius 1 is 1.05 bits per heavy atom. The monoisotopic (exact) mass is 518 g/mol. The van der Waals surface area contributed by atoms with Crippen LogP contribution < -0.4 is 15.5 Å². The van der Waals surface area contributed by atoms with E-state index in [4.69, 9.17) is 0 Å². The van der Waals surface area contributed by atoms with Crippen LogP contribution in [0.2, 0.25) is 0 Å². The summed E-state index contributed by atoms with van der Waals surface area (Å²) < 4.78 is 13.6. The van der Waals surface area contributed by atoms with Crippen molar-refractivity contribution in [1.82, 2.24) is 10.3 Å². The van der Waals surface area contributed by atoms with Crippen LogP contribution in [0.1, 0.15) is 45.5 Å². The summed E-state index contributed by atoms with van der Waals surface area (Å²) in [6, 6.07) is 13.4. The van der Waals surface area contributed by atoms with Gasteiger partial charge >= 0.3 is 5.97 Å². The molecule has 0 radical (unpaired) electrons. The Balaban J connectivity index is 1.31. The van der Waals surface area contributed by atoms with Gasteiger partial charge in [0.15, 0.2) is 0 Å². The van der Waals surface area contributed by atoms with Crippen molar-refractivity contribution < 1.29 is 19.1 Å². The number of aryl methyl sites for hydroxylation is 3. The van der Waals surface area contributed by atoms with Crippen molar-refractivity contribution in [2.24, 2.45) is 5.92 Å². The van der Waals surface area contributed by atoms with E-state index in [1.54, 1.807) is 13.8 Å². The fraction of sp³-hybridized carbons (Fsp3) is 0.367. The molecule has 0 aliphatic carbocycles. The number of carbonyl (C=O) groups excluding carboxylic acids is 1. The smallest absolute Gasteiger partial charge is 0.326 e. The molecule has 4 rings (SSSR count). The number of benzene rings is 2. The number of hydrogen-bond acceptors (Lipinski definition) is 5. The molecule has 1 aromatic heterocycles. The van der Waals surface area contributed by atoms with Gasteiger partial charge in [-0.1, -0.05) is 12.1 Å². The van der Waals surface area contributed by atoms with E-state index in [0.29, 0.717) is 22.6 Å². The van der Waals surface area contributed by atoms with Gasteiger partial charge in [-0.2, -0.15) is 0 Å². The molecular weight excluding hydrogens is 483 g/mol. The highest BCUT2D eigenvalue weighted by Crippen LogP contribution is 2.24. The highest BCUT2D eigenvalue weighted by molar-refractivity contribution is 5.99. The number of halogens is 1. The lowest BCUT2D eigenvalue weighted by Gasteiger charge is -2.34. The molecule has 200 valence electrons. The molecule has 1 fully saturated rings. The van der Waals surface area contributed by atoms with Crippen LogP contribution in [0.5, 0.6) is 0 Å². The van der Waals surface area contributed by atoms with Gasteiger partial charge in [-0.3, -0.25) is 4.79 Å². The Kier molecular flexibility index (Phi) is 8.61. The van der Waals surface area contributed by atoms with Crippen molar-refractivity contribution in [3.63, 3.8) is 0 Å². The topological polar surface area (TPSA) is 94.6 Å². The van der Waals surface area contributed by atoms with E-state index in [2.05, 4.69) is 33.5 Å². The molecule has 1 aliphatic rings. The molecule has 0 bridgehead atoms. The zero-order valence-corrected chi connectivity index (χ0v) is 22.1. The third-order valence-corrected chi connectivity index (χ3v) is 7.17. The van der Waals surface area contributed by atoms with Gasteiger partial charge in [0.25, 0.3) is 5.91 Å². The van der Waals surface area contributed by atoms with Crippen LogP contribution in [-0.2, 0) is 11.2 Å². The van der Waals surface area contributed by atoms with E-state index in [1.807, 2.05) is 36.5 Å². The number of carboxylic acid groups (broad SMARTS) is 1. The average molecular weight is 519 g/mol. The number of piperidine rings is 1. The van der Waals surface area contributed by atoms with Gasteiger partial charge in [-0.15, -0.1) is 0 Å². The van der Waals surface area contributed by atoms with E-state index in [1.165, 1.54) is 17.7 Å². The second-order valence-corrected chi connectivity index (χ2v) is 10.2. The van der Waals surface area contributed by atoms with E-state index >= 15 is 0 Å². The zero-order valence-electron chi connectivity index (χ0n) is 22.1. The number of amides is 1. The number of pyridine rings is 1. The first kappa shape index (κ1) is 27.1. The fourth-order valence-corrected chi connectivity index (χ4v) is 5.05. The Hall–Kier alpha value is -3.94. The minimum atomic E-state index is -1.11. The number of anilines is 2. The molecule has 0 spiro atoms. The summed E-state index contributed by atoms with van der Waals surface area (Å²) in [5, 5.41) is 15.8. The van der Waals surface area contributed by atoms with Gasteiger partial charge in [-0.05, 0) is 98.2 Å². The predicted octanol–water partition coefficient (Wildman–Crippen LogP) is 4.90. The Morgan fingerprint density at radius 2 is 1.71 bits per heavy atom. The lowest BCUT2D eigenvalue weighted by atomic mass is 9.96. The summed E-state index contributed by atoms with van der Waals surface area (Å²) in [6.45, 7) is 8.15. The maximum Gasteiger partial charge on any atom is 0.326 e. The molecule has 1 aliphatic heterocycles. The standard InChI is InChI=1S/C30H35FN4O3/c1-19-8-11-32-27(14-19)33-18-23-9-12-35(13-10-23)25-6-4-22(5-7-25)17-26(30(37)38)34-29(36)28-20(2)15-24(31)16-21(28)3/h4-8,11,14-16,23,26H,9-10,12-13,17-18H2,1-3H3,(H,32,33)(H,34,36)(H,37,38). The second-order valence-electron chi connectivity index (χ2n) is 10.2. The molecule has 0 saturated carbocycles. The number of nitrogens with zero attached hydrogens (tertiary/aromatic N) is 2. The highest BCUT2D eigenvalue weighted by atomic mass is 19.1. The average Bonchev–Trinajstić information content (AvgIpc) is 2.87. The van der Waals surface area contributed by atoms with Gasteiger partial charge in [0.05, 0.1) is 0 Å². The molecule has 38 heavy (non-hydrogen) atoms. The van der Waals surface area contributed by atoms with Crippen LogP contribution >= 0.6 is 0 Å². The maximum atomic E-state index is 13.6. The quantitative estimate of drug-likeness (QED) is 0.373. The first-order chi connectivity index (χ1) is 18.2. The molecule has 8 heteroatoms. The Labute approximate surface area is 223 Å². The second kappa shape index (κ2) is 12.1. The van der Waals surface area contributed by atoms with Crippen molar-refractivity contribution >= 4 is 23.4 Å². The molecule has 1 saturated heterocycles. The third-order valence-electron chi connectivity index (χ3n) is 7.17. The number of rotatable bonds is 9. The van der Waals surface area contributed by atoms with Crippen LogP contribution in [-0.4, -0.2) is 47.6 Å². The first-order valence-electron chi connectivity index (χ1n) is 13.0. The summed E-state index contributed by atoms with van der Waals surface area (Å²) >= 11 is 0. The fourth-order valence-electron chi connectivity index (χ4n) is 5.05. The summed E-state index contributed by atoms with van der Waals surface area (Å²) in [4.78, 5) is 31.5. The lowest BCUT2D eigenvalue weighted by Crippen LogP contribution is -2.42. The van der Waals surface area contributed by atoms with Crippen molar-refractivity contribution in [2.75, 3.05) is 29.9 Å². The number of nitrogens with one attached hydrogen (secondary N) is 2. The van der Waals surface area contributed by atoms with Crippen LogP contribution in [0.4, 0.5) is 15.9 Å². The van der Waals surface area contributed by atoms with Gasteiger partial charge in [0.1, 0.15) is 17.7 Å². The number of carbonyl (C=O) groups is 2. The van der Waals surface area contributed by atoms with E-state index in [0.717, 1.165) is 49.5 Å². The van der Waals surface area contributed by atoms with Gasteiger partial charge < -0.3 is 20.6 Å². The summed E-state index contributed by atoms with van der Waals surface area (Å²) in [7, 11) is 0. The Bertz CT molecular complexity index is 1260. The summed E-state index contributed by atoms with van der Waals surface area (Å²) in [6.07, 6.45) is 4.14.